The van der Waals surface area contributed by atoms with E-state index in [0.29, 0.717) is 12.3 Å². The van der Waals surface area contributed by atoms with Gasteiger partial charge >= 0.3 is 5.97 Å². The number of hydrogen-bond acceptors (Lipinski definition) is 3. The van der Waals surface area contributed by atoms with E-state index in [1.165, 1.54) is 7.11 Å². The molecule has 1 rings (SSSR count). The smallest absolute Gasteiger partial charge is 0.305 e. The Morgan fingerprint density at radius 1 is 1.50 bits per heavy atom. The monoisotopic (exact) mass is 172 g/mol. The van der Waals surface area contributed by atoms with Crippen molar-refractivity contribution in [2.45, 2.75) is 25.7 Å². The molecule has 1 atom stereocenters. The van der Waals surface area contributed by atoms with Crippen molar-refractivity contribution < 1.29 is 14.3 Å². The zero-order valence-corrected chi connectivity index (χ0v) is 7.54. The normalized spacial score (nSPS) is 24.6. The highest BCUT2D eigenvalue weighted by molar-refractivity contribution is 5.69. The SMILES string of the molecule is COC(=O)CC1CCCOCC1. The molecule has 0 radical (unpaired) electrons. The van der Waals surface area contributed by atoms with Crippen LogP contribution in [0.2, 0.25) is 0 Å². The van der Waals surface area contributed by atoms with Crippen LogP contribution in [0.1, 0.15) is 25.7 Å². The van der Waals surface area contributed by atoms with E-state index in [2.05, 4.69) is 4.74 Å². The minimum atomic E-state index is -0.0955. The summed E-state index contributed by atoms with van der Waals surface area (Å²) in [7, 11) is 1.44. The highest BCUT2D eigenvalue weighted by Crippen LogP contribution is 2.19. The Morgan fingerprint density at radius 3 is 3.08 bits per heavy atom. The van der Waals surface area contributed by atoms with Crippen molar-refractivity contribution in [3.63, 3.8) is 0 Å². The molecule has 12 heavy (non-hydrogen) atoms. The van der Waals surface area contributed by atoms with Gasteiger partial charge in [-0.05, 0) is 25.2 Å². The molecule has 0 amide bonds. The molecular weight excluding hydrogens is 156 g/mol. The van der Waals surface area contributed by atoms with Gasteiger partial charge in [0.25, 0.3) is 0 Å². The molecule has 1 fully saturated rings. The zero-order chi connectivity index (χ0) is 8.81. The van der Waals surface area contributed by atoms with Gasteiger partial charge in [0.05, 0.1) is 7.11 Å². The van der Waals surface area contributed by atoms with E-state index in [0.717, 1.165) is 32.5 Å². The molecular formula is C9H16O3. The lowest BCUT2D eigenvalue weighted by Gasteiger charge is -2.10. The first kappa shape index (κ1) is 9.52. The summed E-state index contributed by atoms with van der Waals surface area (Å²) in [4.78, 5) is 10.9. The Hall–Kier alpha value is -0.570. The lowest BCUT2D eigenvalue weighted by Crippen LogP contribution is -2.10. The molecule has 1 aliphatic rings. The molecule has 3 nitrogen and oxygen atoms in total. The van der Waals surface area contributed by atoms with E-state index >= 15 is 0 Å². The third kappa shape index (κ3) is 3.22. The Labute approximate surface area is 73.0 Å². The average molecular weight is 172 g/mol. The lowest BCUT2D eigenvalue weighted by molar-refractivity contribution is -0.141. The van der Waals surface area contributed by atoms with Crippen molar-refractivity contribution in [1.29, 1.82) is 0 Å². The summed E-state index contributed by atoms with van der Waals surface area (Å²) in [5.74, 6) is 0.377. The molecule has 0 saturated carbocycles. The van der Waals surface area contributed by atoms with Crippen LogP contribution in [0, 0.1) is 5.92 Å². The summed E-state index contributed by atoms with van der Waals surface area (Å²) in [6, 6.07) is 0. The summed E-state index contributed by atoms with van der Waals surface area (Å²) < 4.78 is 9.90. The van der Waals surface area contributed by atoms with Crippen molar-refractivity contribution in [3.8, 4) is 0 Å². The van der Waals surface area contributed by atoms with Gasteiger partial charge in [0.2, 0.25) is 0 Å². The number of hydrogen-bond donors (Lipinski definition) is 0. The van der Waals surface area contributed by atoms with Crippen LogP contribution in [0.3, 0.4) is 0 Å². The number of methoxy groups -OCH3 is 1. The summed E-state index contributed by atoms with van der Waals surface area (Å²) in [5, 5.41) is 0. The first-order chi connectivity index (χ1) is 5.83. The van der Waals surface area contributed by atoms with Crippen LogP contribution >= 0.6 is 0 Å². The summed E-state index contributed by atoms with van der Waals surface area (Å²) in [5.41, 5.74) is 0. The Balaban J connectivity index is 2.24. The van der Waals surface area contributed by atoms with Gasteiger partial charge in [0.1, 0.15) is 0 Å². The van der Waals surface area contributed by atoms with Gasteiger partial charge in [-0.1, -0.05) is 0 Å². The Morgan fingerprint density at radius 2 is 2.33 bits per heavy atom. The largest absolute Gasteiger partial charge is 0.469 e. The topological polar surface area (TPSA) is 35.5 Å². The number of ether oxygens (including phenoxy) is 2. The Bertz CT molecular complexity index is 137. The molecule has 0 aliphatic carbocycles. The third-order valence-electron chi connectivity index (χ3n) is 2.25. The third-order valence-corrected chi connectivity index (χ3v) is 2.25. The first-order valence-electron chi connectivity index (χ1n) is 4.47. The second kappa shape index (κ2) is 5.14. The van der Waals surface area contributed by atoms with Crippen molar-refractivity contribution in [2.24, 2.45) is 5.92 Å². The molecule has 0 aromatic carbocycles. The second-order valence-electron chi connectivity index (χ2n) is 3.19. The van der Waals surface area contributed by atoms with Gasteiger partial charge in [-0.3, -0.25) is 4.79 Å². The predicted octanol–water partition coefficient (Wildman–Crippen LogP) is 1.37. The van der Waals surface area contributed by atoms with Crippen LogP contribution in [-0.2, 0) is 14.3 Å². The van der Waals surface area contributed by atoms with Crippen LogP contribution < -0.4 is 0 Å². The number of carbonyl (C=O) groups is 1. The number of rotatable bonds is 2. The van der Waals surface area contributed by atoms with Gasteiger partial charge in [0.15, 0.2) is 0 Å². The molecule has 0 bridgehead atoms. The Kier molecular flexibility index (Phi) is 4.08. The van der Waals surface area contributed by atoms with Crippen molar-refractivity contribution in [1.82, 2.24) is 0 Å². The van der Waals surface area contributed by atoms with Crippen molar-refractivity contribution in [2.75, 3.05) is 20.3 Å². The van der Waals surface area contributed by atoms with Crippen LogP contribution in [-0.4, -0.2) is 26.3 Å². The van der Waals surface area contributed by atoms with E-state index in [1.54, 1.807) is 0 Å². The van der Waals surface area contributed by atoms with Gasteiger partial charge in [-0.2, -0.15) is 0 Å². The number of esters is 1. The highest BCUT2D eigenvalue weighted by Gasteiger charge is 2.16. The van der Waals surface area contributed by atoms with Gasteiger partial charge in [-0.15, -0.1) is 0 Å². The maximum atomic E-state index is 10.9. The first-order valence-corrected chi connectivity index (χ1v) is 4.47. The van der Waals surface area contributed by atoms with Crippen LogP contribution in [0.5, 0.6) is 0 Å². The van der Waals surface area contributed by atoms with Crippen molar-refractivity contribution in [3.05, 3.63) is 0 Å². The fraction of sp³-hybridized carbons (Fsp3) is 0.889. The fourth-order valence-corrected chi connectivity index (χ4v) is 1.49. The molecule has 1 aliphatic heterocycles. The molecule has 0 aromatic rings. The van der Waals surface area contributed by atoms with Gasteiger partial charge in [-0.25, -0.2) is 0 Å². The summed E-state index contributed by atoms with van der Waals surface area (Å²) in [6.45, 7) is 1.64. The van der Waals surface area contributed by atoms with E-state index in [-0.39, 0.29) is 5.97 Å². The molecule has 0 aromatic heterocycles. The number of carbonyl (C=O) groups excluding carboxylic acids is 1. The standard InChI is InChI=1S/C9H16O3/c1-11-9(10)7-8-3-2-5-12-6-4-8/h8H,2-7H2,1H3. The summed E-state index contributed by atoms with van der Waals surface area (Å²) in [6.07, 6.45) is 3.71. The van der Waals surface area contributed by atoms with Crippen LogP contribution in [0.4, 0.5) is 0 Å². The van der Waals surface area contributed by atoms with E-state index in [1.807, 2.05) is 0 Å². The summed E-state index contributed by atoms with van der Waals surface area (Å²) >= 11 is 0. The molecule has 0 N–H and O–H groups in total. The van der Waals surface area contributed by atoms with Gasteiger partial charge < -0.3 is 9.47 Å². The molecule has 3 heteroatoms. The lowest BCUT2D eigenvalue weighted by atomic mass is 9.97. The molecule has 1 saturated heterocycles. The molecule has 1 heterocycles. The van der Waals surface area contributed by atoms with E-state index in [4.69, 9.17) is 4.74 Å². The van der Waals surface area contributed by atoms with E-state index in [9.17, 15) is 4.79 Å². The molecule has 0 spiro atoms. The second-order valence-corrected chi connectivity index (χ2v) is 3.19. The molecule has 1 unspecified atom stereocenters. The minimum Gasteiger partial charge on any atom is -0.469 e. The quantitative estimate of drug-likeness (QED) is 0.590. The average Bonchev–Trinajstić information content (AvgIpc) is 2.33. The van der Waals surface area contributed by atoms with Crippen LogP contribution in [0.15, 0.2) is 0 Å². The predicted molar refractivity (Wildman–Crippen MR) is 44.8 cm³/mol. The van der Waals surface area contributed by atoms with Crippen LogP contribution in [0.25, 0.3) is 0 Å². The minimum absolute atomic E-state index is 0.0955. The maximum Gasteiger partial charge on any atom is 0.305 e. The van der Waals surface area contributed by atoms with E-state index < -0.39 is 0 Å². The highest BCUT2D eigenvalue weighted by atomic mass is 16.5. The fourth-order valence-electron chi connectivity index (χ4n) is 1.49. The molecule has 70 valence electrons. The maximum absolute atomic E-state index is 10.9. The van der Waals surface area contributed by atoms with Gasteiger partial charge in [0, 0.05) is 19.6 Å². The van der Waals surface area contributed by atoms with Crippen molar-refractivity contribution >= 4 is 5.97 Å². The zero-order valence-electron chi connectivity index (χ0n) is 7.54.